The lowest BCUT2D eigenvalue weighted by Gasteiger charge is -2.12. The number of aromatic nitrogens is 1. The molecule has 3 aromatic carbocycles. The fourth-order valence-corrected chi connectivity index (χ4v) is 3.35. The van der Waals surface area contributed by atoms with Crippen molar-refractivity contribution in [3.63, 3.8) is 0 Å². The first-order valence-electron chi connectivity index (χ1n) is 9.19. The van der Waals surface area contributed by atoms with Crippen molar-refractivity contribution in [2.24, 2.45) is 0 Å². The zero-order valence-electron chi connectivity index (χ0n) is 15.9. The van der Waals surface area contributed by atoms with Gasteiger partial charge >= 0.3 is 0 Å². The fraction of sp³-hybridized carbons (Fsp3) is 0.0833. The van der Waals surface area contributed by atoms with E-state index in [2.05, 4.69) is 10.3 Å². The molecule has 0 atom stereocenters. The number of rotatable bonds is 5. The van der Waals surface area contributed by atoms with Crippen molar-refractivity contribution < 1.29 is 13.9 Å². The molecule has 144 valence electrons. The van der Waals surface area contributed by atoms with Crippen LogP contribution >= 0.6 is 0 Å². The zero-order valence-corrected chi connectivity index (χ0v) is 15.9. The number of methoxy groups -OCH3 is 1. The number of ether oxygens (including phenoxy) is 1. The average molecular weight is 386 g/mol. The van der Waals surface area contributed by atoms with E-state index in [0.717, 1.165) is 27.5 Å². The van der Waals surface area contributed by atoms with Gasteiger partial charge in [-0.25, -0.2) is 4.39 Å². The quantitative estimate of drug-likeness (QED) is 0.526. The van der Waals surface area contributed by atoms with Crippen molar-refractivity contribution in [2.75, 3.05) is 7.11 Å². The summed E-state index contributed by atoms with van der Waals surface area (Å²) in [4.78, 5) is 16.8. The van der Waals surface area contributed by atoms with Crippen LogP contribution in [0.3, 0.4) is 0 Å². The molecule has 4 rings (SSSR count). The van der Waals surface area contributed by atoms with Crippen molar-refractivity contribution in [3.05, 3.63) is 96.1 Å². The van der Waals surface area contributed by atoms with Gasteiger partial charge in [0.15, 0.2) is 0 Å². The Balaban J connectivity index is 1.63. The van der Waals surface area contributed by atoms with Crippen LogP contribution < -0.4 is 10.1 Å². The molecule has 5 heteroatoms. The van der Waals surface area contributed by atoms with Gasteiger partial charge in [-0.05, 0) is 58.5 Å². The number of carbonyl (C=O) groups is 1. The molecule has 1 N–H and O–H groups in total. The maximum atomic E-state index is 13.7. The molecular formula is C24H19FN2O2. The number of halogens is 1. The van der Waals surface area contributed by atoms with Crippen LogP contribution in [0.4, 0.5) is 4.39 Å². The highest BCUT2D eigenvalue weighted by Crippen LogP contribution is 2.30. The van der Waals surface area contributed by atoms with Crippen LogP contribution in [-0.4, -0.2) is 18.0 Å². The summed E-state index contributed by atoms with van der Waals surface area (Å²) in [7, 11) is 1.57. The van der Waals surface area contributed by atoms with E-state index in [9.17, 15) is 9.18 Å². The predicted molar refractivity (Wildman–Crippen MR) is 111 cm³/mol. The van der Waals surface area contributed by atoms with Crippen molar-refractivity contribution in [3.8, 4) is 16.9 Å². The zero-order chi connectivity index (χ0) is 20.2. The van der Waals surface area contributed by atoms with Gasteiger partial charge in [0.2, 0.25) is 0 Å². The second-order valence-corrected chi connectivity index (χ2v) is 6.62. The minimum Gasteiger partial charge on any atom is -0.497 e. The fourth-order valence-electron chi connectivity index (χ4n) is 3.35. The third kappa shape index (κ3) is 3.94. The Kier molecular flexibility index (Phi) is 5.20. The molecule has 0 aliphatic rings. The minimum absolute atomic E-state index is 0.185. The van der Waals surface area contributed by atoms with E-state index < -0.39 is 0 Å². The van der Waals surface area contributed by atoms with Crippen molar-refractivity contribution in [1.29, 1.82) is 0 Å². The Morgan fingerprint density at radius 3 is 2.72 bits per heavy atom. The van der Waals surface area contributed by atoms with E-state index in [1.165, 1.54) is 12.1 Å². The summed E-state index contributed by atoms with van der Waals surface area (Å²) >= 11 is 0. The number of amides is 1. The lowest BCUT2D eigenvalue weighted by Crippen LogP contribution is -2.22. The smallest absolute Gasteiger partial charge is 0.251 e. The average Bonchev–Trinajstić information content (AvgIpc) is 2.77. The molecule has 0 fully saturated rings. The Morgan fingerprint density at radius 2 is 1.90 bits per heavy atom. The molecule has 4 aromatic rings. The third-order valence-electron chi connectivity index (χ3n) is 4.82. The van der Waals surface area contributed by atoms with Crippen LogP contribution in [0.5, 0.6) is 5.75 Å². The number of fused-ring (bicyclic) bond motifs is 1. The number of nitrogens with one attached hydrogen (secondary N) is 1. The van der Waals surface area contributed by atoms with E-state index in [4.69, 9.17) is 4.74 Å². The SMILES string of the molecule is COc1cccc(C(=O)NCc2ccc(-c3cccc(F)c3)c3ccncc23)c1. The van der Waals surface area contributed by atoms with Crippen LogP contribution in [0.2, 0.25) is 0 Å². The van der Waals surface area contributed by atoms with Gasteiger partial charge in [-0.15, -0.1) is 0 Å². The number of benzene rings is 3. The first-order valence-corrected chi connectivity index (χ1v) is 9.19. The van der Waals surface area contributed by atoms with Crippen LogP contribution in [0.1, 0.15) is 15.9 Å². The number of nitrogens with zero attached hydrogens (tertiary/aromatic N) is 1. The number of hydrogen-bond acceptors (Lipinski definition) is 3. The summed E-state index contributed by atoms with van der Waals surface area (Å²) in [5, 5.41) is 4.82. The Morgan fingerprint density at radius 1 is 1.03 bits per heavy atom. The topological polar surface area (TPSA) is 51.2 Å². The monoisotopic (exact) mass is 386 g/mol. The Labute approximate surface area is 168 Å². The molecule has 4 nitrogen and oxygen atoms in total. The van der Waals surface area contributed by atoms with Crippen LogP contribution in [0.25, 0.3) is 21.9 Å². The molecule has 0 bridgehead atoms. The third-order valence-corrected chi connectivity index (χ3v) is 4.82. The van der Waals surface area contributed by atoms with Gasteiger partial charge in [0.05, 0.1) is 7.11 Å². The Hall–Kier alpha value is -3.73. The molecule has 1 aromatic heterocycles. The first kappa shape index (κ1) is 18.6. The van der Waals surface area contributed by atoms with Crippen LogP contribution in [0, 0.1) is 5.82 Å². The highest BCUT2D eigenvalue weighted by Gasteiger charge is 2.11. The van der Waals surface area contributed by atoms with Gasteiger partial charge in [-0.2, -0.15) is 0 Å². The molecule has 0 saturated carbocycles. The summed E-state index contributed by atoms with van der Waals surface area (Å²) < 4.78 is 18.9. The lowest BCUT2D eigenvalue weighted by molar-refractivity contribution is 0.0950. The molecular weight excluding hydrogens is 367 g/mol. The summed E-state index contributed by atoms with van der Waals surface area (Å²) in [6.07, 6.45) is 3.48. The summed E-state index contributed by atoms with van der Waals surface area (Å²) in [6.45, 7) is 0.349. The number of carbonyl (C=O) groups excluding carboxylic acids is 1. The molecule has 0 radical (unpaired) electrons. The molecule has 0 unspecified atom stereocenters. The van der Waals surface area contributed by atoms with Gasteiger partial charge in [0, 0.05) is 29.9 Å². The van der Waals surface area contributed by atoms with Gasteiger partial charge in [-0.1, -0.05) is 30.3 Å². The maximum absolute atomic E-state index is 13.7. The van der Waals surface area contributed by atoms with Gasteiger partial charge in [0.25, 0.3) is 5.91 Å². The lowest BCUT2D eigenvalue weighted by atomic mass is 9.96. The maximum Gasteiger partial charge on any atom is 0.251 e. The summed E-state index contributed by atoms with van der Waals surface area (Å²) in [5.74, 6) is 0.168. The highest BCUT2D eigenvalue weighted by atomic mass is 19.1. The second kappa shape index (κ2) is 8.10. The molecule has 1 amide bonds. The molecule has 29 heavy (non-hydrogen) atoms. The van der Waals surface area contributed by atoms with Gasteiger partial charge in [-0.3, -0.25) is 9.78 Å². The van der Waals surface area contributed by atoms with Crippen molar-refractivity contribution in [2.45, 2.75) is 6.54 Å². The minimum atomic E-state index is -0.278. The number of hydrogen-bond donors (Lipinski definition) is 1. The van der Waals surface area contributed by atoms with E-state index in [0.29, 0.717) is 17.9 Å². The largest absolute Gasteiger partial charge is 0.497 e. The number of pyridine rings is 1. The summed E-state index contributed by atoms with van der Waals surface area (Å²) in [6, 6.07) is 19.3. The molecule has 0 aliphatic carbocycles. The summed E-state index contributed by atoms with van der Waals surface area (Å²) in [5.41, 5.74) is 3.19. The highest BCUT2D eigenvalue weighted by molar-refractivity contribution is 5.99. The molecule has 0 aliphatic heterocycles. The van der Waals surface area contributed by atoms with Crippen molar-refractivity contribution in [1.82, 2.24) is 10.3 Å². The van der Waals surface area contributed by atoms with Crippen LogP contribution in [-0.2, 0) is 6.54 Å². The van der Waals surface area contributed by atoms with Crippen LogP contribution in [0.15, 0.2) is 79.1 Å². The molecule has 0 spiro atoms. The van der Waals surface area contributed by atoms with E-state index in [1.807, 2.05) is 24.3 Å². The standard InChI is InChI=1S/C24H19FN2O2/c1-29-20-7-3-5-17(13-20)24(28)27-14-18-8-9-21(16-4-2-6-19(25)12-16)22-10-11-26-15-23(18)22/h2-13,15H,14H2,1H3,(H,27,28). The van der Waals surface area contributed by atoms with Gasteiger partial charge < -0.3 is 10.1 Å². The van der Waals surface area contributed by atoms with E-state index >= 15 is 0 Å². The normalized spacial score (nSPS) is 10.7. The van der Waals surface area contributed by atoms with Crippen molar-refractivity contribution >= 4 is 16.7 Å². The van der Waals surface area contributed by atoms with E-state index in [-0.39, 0.29) is 11.7 Å². The van der Waals surface area contributed by atoms with Gasteiger partial charge in [0.1, 0.15) is 11.6 Å². The molecule has 0 saturated heterocycles. The Bertz CT molecular complexity index is 1190. The first-order chi connectivity index (χ1) is 14.2. The predicted octanol–water partition coefficient (Wildman–Crippen LogP) is 4.98. The second-order valence-electron chi connectivity index (χ2n) is 6.62. The van der Waals surface area contributed by atoms with E-state index in [1.54, 1.807) is 49.8 Å². The molecule has 1 heterocycles.